The van der Waals surface area contributed by atoms with Crippen molar-refractivity contribution in [3.8, 4) is 11.5 Å². The van der Waals surface area contributed by atoms with E-state index in [-0.39, 0.29) is 18.4 Å². The Morgan fingerprint density at radius 3 is 2.50 bits per heavy atom. The lowest BCUT2D eigenvalue weighted by molar-refractivity contribution is 0.102. The molecule has 7 nitrogen and oxygen atoms in total. The molecule has 1 amide bonds. The van der Waals surface area contributed by atoms with Crippen LogP contribution in [0.1, 0.15) is 10.5 Å². The Morgan fingerprint density at radius 1 is 0.962 bits per heavy atom. The number of carbonyl (C=O) groups is 1. The van der Waals surface area contributed by atoms with Crippen molar-refractivity contribution in [2.45, 2.75) is 0 Å². The quantitative estimate of drug-likeness (QED) is 0.727. The maximum Gasteiger partial charge on any atom is 0.275 e. The molecule has 4 rings (SSSR count). The molecule has 2 heterocycles. The first-order chi connectivity index (χ1) is 12.7. The number of hydrogen-bond acceptors (Lipinski definition) is 6. The molecule has 0 saturated heterocycles. The number of halogens is 1. The van der Waals surface area contributed by atoms with E-state index in [9.17, 15) is 4.79 Å². The van der Waals surface area contributed by atoms with Crippen molar-refractivity contribution >= 4 is 34.7 Å². The number of rotatable bonds is 4. The number of amides is 1. The van der Waals surface area contributed by atoms with E-state index in [1.165, 1.54) is 12.4 Å². The lowest BCUT2D eigenvalue weighted by Crippen LogP contribution is -2.14. The Balaban J connectivity index is 1.43. The van der Waals surface area contributed by atoms with Crippen LogP contribution in [0.25, 0.3) is 0 Å². The molecule has 0 aliphatic carbocycles. The van der Waals surface area contributed by atoms with E-state index in [4.69, 9.17) is 21.1 Å². The molecular weight excluding hydrogens is 356 g/mol. The van der Waals surface area contributed by atoms with E-state index in [2.05, 4.69) is 20.6 Å². The molecule has 2 N–H and O–H groups in total. The summed E-state index contributed by atoms with van der Waals surface area (Å²) in [5.74, 6) is 1.53. The Kier molecular flexibility index (Phi) is 4.28. The largest absolute Gasteiger partial charge is 0.454 e. The summed E-state index contributed by atoms with van der Waals surface area (Å²) in [6, 6.07) is 12.3. The fraction of sp³-hybridized carbons (Fsp3) is 0.0556. The standard InChI is InChI=1S/C18H13ClN4O3/c19-11-1-3-12(4-2-11)23-18(24)14-8-21-17(9-20-14)22-13-5-6-15-16(7-13)26-10-25-15/h1-9H,10H2,(H,21,22)(H,23,24). The van der Waals surface area contributed by atoms with Crippen molar-refractivity contribution < 1.29 is 14.3 Å². The summed E-state index contributed by atoms with van der Waals surface area (Å²) in [6.45, 7) is 0.218. The maximum absolute atomic E-state index is 12.2. The van der Waals surface area contributed by atoms with Gasteiger partial charge >= 0.3 is 0 Å². The molecule has 3 aromatic rings. The van der Waals surface area contributed by atoms with E-state index < -0.39 is 0 Å². The minimum absolute atomic E-state index is 0.205. The van der Waals surface area contributed by atoms with E-state index in [0.29, 0.717) is 28.0 Å². The number of fused-ring (bicyclic) bond motifs is 1. The second-order valence-electron chi connectivity index (χ2n) is 5.44. The molecule has 0 radical (unpaired) electrons. The number of nitrogens with one attached hydrogen (secondary N) is 2. The molecule has 0 unspecified atom stereocenters. The zero-order valence-corrected chi connectivity index (χ0v) is 14.2. The van der Waals surface area contributed by atoms with Gasteiger partial charge in [0.1, 0.15) is 11.5 Å². The zero-order valence-electron chi connectivity index (χ0n) is 13.4. The van der Waals surface area contributed by atoms with Crippen molar-refractivity contribution in [1.82, 2.24) is 9.97 Å². The minimum atomic E-state index is -0.352. The predicted molar refractivity (Wildman–Crippen MR) is 97.3 cm³/mol. The number of aromatic nitrogens is 2. The van der Waals surface area contributed by atoms with E-state index in [1.807, 2.05) is 18.2 Å². The van der Waals surface area contributed by atoms with E-state index in [0.717, 1.165) is 5.69 Å². The van der Waals surface area contributed by atoms with Gasteiger partial charge in [0.2, 0.25) is 6.79 Å². The van der Waals surface area contributed by atoms with Crippen LogP contribution in [0.3, 0.4) is 0 Å². The van der Waals surface area contributed by atoms with Gasteiger partial charge in [0.25, 0.3) is 5.91 Å². The summed E-state index contributed by atoms with van der Waals surface area (Å²) in [6.07, 6.45) is 2.89. The maximum atomic E-state index is 12.2. The molecular formula is C18H13ClN4O3. The summed E-state index contributed by atoms with van der Waals surface area (Å²) >= 11 is 5.82. The van der Waals surface area contributed by atoms with Gasteiger partial charge in [-0.2, -0.15) is 0 Å². The fourth-order valence-corrected chi connectivity index (χ4v) is 2.49. The summed E-state index contributed by atoms with van der Waals surface area (Å²) in [7, 11) is 0. The van der Waals surface area contributed by atoms with Crippen LogP contribution < -0.4 is 20.1 Å². The van der Waals surface area contributed by atoms with Crippen molar-refractivity contribution in [2.75, 3.05) is 17.4 Å². The molecule has 130 valence electrons. The minimum Gasteiger partial charge on any atom is -0.454 e. The SMILES string of the molecule is O=C(Nc1ccc(Cl)cc1)c1cnc(Nc2ccc3c(c2)OCO3)cn1. The molecule has 0 bridgehead atoms. The predicted octanol–water partition coefficient (Wildman–Crippen LogP) is 3.85. The second kappa shape index (κ2) is 6.89. The number of benzene rings is 2. The third-order valence-electron chi connectivity index (χ3n) is 3.63. The molecule has 0 atom stereocenters. The van der Waals surface area contributed by atoms with Crippen LogP contribution in [0.5, 0.6) is 11.5 Å². The van der Waals surface area contributed by atoms with E-state index in [1.54, 1.807) is 24.3 Å². The summed E-state index contributed by atoms with van der Waals surface area (Å²) in [4.78, 5) is 20.6. The Hall–Kier alpha value is -3.32. The molecule has 26 heavy (non-hydrogen) atoms. The van der Waals surface area contributed by atoms with Gasteiger partial charge in [-0.15, -0.1) is 0 Å². The van der Waals surface area contributed by atoms with Crippen molar-refractivity contribution in [2.24, 2.45) is 0 Å². The Morgan fingerprint density at radius 2 is 1.73 bits per heavy atom. The lowest BCUT2D eigenvalue weighted by atomic mass is 10.3. The third-order valence-corrected chi connectivity index (χ3v) is 3.88. The molecule has 1 aliphatic rings. The Bertz CT molecular complexity index is 946. The van der Waals surface area contributed by atoms with Crippen LogP contribution in [-0.2, 0) is 0 Å². The van der Waals surface area contributed by atoms with Crippen LogP contribution in [0.2, 0.25) is 5.02 Å². The molecule has 0 saturated carbocycles. The molecule has 1 aromatic heterocycles. The smallest absolute Gasteiger partial charge is 0.275 e. The van der Waals surface area contributed by atoms with Gasteiger partial charge in [-0.05, 0) is 36.4 Å². The van der Waals surface area contributed by atoms with Crippen LogP contribution in [0.15, 0.2) is 54.9 Å². The number of hydrogen-bond donors (Lipinski definition) is 2. The number of anilines is 3. The highest BCUT2D eigenvalue weighted by Crippen LogP contribution is 2.34. The zero-order chi connectivity index (χ0) is 17.9. The van der Waals surface area contributed by atoms with Crippen molar-refractivity contribution in [1.29, 1.82) is 0 Å². The Labute approximate surface area is 154 Å². The van der Waals surface area contributed by atoms with Crippen molar-refractivity contribution in [3.63, 3.8) is 0 Å². The van der Waals surface area contributed by atoms with Crippen LogP contribution in [0.4, 0.5) is 17.2 Å². The van der Waals surface area contributed by atoms with Crippen LogP contribution >= 0.6 is 11.6 Å². The van der Waals surface area contributed by atoms with Gasteiger partial charge < -0.3 is 20.1 Å². The number of carbonyl (C=O) groups excluding carboxylic acids is 1. The molecule has 8 heteroatoms. The van der Waals surface area contributed by atoms with E-state index >= 15 is 0 Å². The van der Waals surface area contributed by atoms with Gasteiger partial charge in [0, 0.05) is 22.5 Å². The van der Waals surface area contributed by atoms with Gasteiger partial charge in [0.05, 0.1) is 12.4 Å². The molecule has 0 spiro atoms. The van der Waals surface area contributed by atoms with Gasteiger partial charge in [-0.3, -0.25) is 4.79 Å². The van der Waals surface area contributed by atoms with Crippen LogP contribution in [-0.4, -0.2) is 22.7 Å². The second-order valence-corrected chi connectivity index (χ2v) is 5.88. The van der Waals surface area contributed by atoms with Crippen LogP contribution in [0, 0.1) is 0 Å². The fourth-order valence-electron chi connectivity index (χ4n) is 2.36. The molecule has 2 aromatic carbocycles. The number of ether oxygens (including phenoxy) is 2. The first-order valence-electron chi connectivity index (χ1n) is 7.73. The topological polar surface area (TPSA) is 85.4 Å². The average molecular weight is 369 g/mol. The molecule has 1 aliphatic heterocycles. The average Bonchev–Trinajstić information content (AvgIpc) is 3.12. The lowest BCUT2D eigenvalue weighted by Gasteiger charge is -2.07. The highest BCUT2D eigenvalue weighted by Gasteiger charge is 2.14. The monoisotopic (exact) mass is 368 g/mol. The highest BCUT2D eigenvalue weighted by molar-refractivity contribution is 6.30. The number of nitrogens with zero attached hydrogens (tertiary/aromatic N) is 2. The van der Waals surface area contributed by atoms with Gasteiger partial charge in [-0.25, -0.2) is 9.97 Å². The first-order valence-corrected chi connectivity index (χ1v) is 8.11. The van der Waals surface area contributed by atoms with Crippen molar-refractivity contribution in [3.05, 3.63) is 65.6 Å². The van der Waals surface area contributed by atoms with Gasteiger partial charge in [0.15, 0.2) is 11.5 Å². The highest BCUT2D eigenvalue weighted by atomic mass is 35.5. The third kappa shape index (κ3) is 3.52. The normalized spacial score (nSPS) is 11.9. The first kappa shape index (κ1) is 16.2. The summed E-state index contributed by atoms with van der Waals surface area (Å²) in [5.41, 5.74) is 1.61. The summed E-state index contributed by atoms with van der Waals surface area (Å²) < 4.78 is 10.6. The molecule has 0 fully saturated rings. The van der Waals surface area contributed by atoms with Gasteiger partial charge in [-0.1, -0.05) is 11.6 Å². The summed E-state index contributed by atoms with van der Waals surface area (Å²) in [5, 5.41) is 6.43.